The molecule has 0 saturated heterocycles. The van der Waals surface area contributed by atoms with Gasteiger partial charge in [0.25, 0.3) is 5.56 Å². The second-order valence-corrected chi connectivity index (χ2v) is 5.34. The number of carbonyl (C=O) groups excluding carboxylic acids is 1. The summed E-state index contributed by atoms with van der Waals surface area (Å²) in [5.74, 6) is -0.227. The highest BCUT2D eigenvalue weighted by Gasteiger charge is 2.09. The van der Waals surface area contributed by atoms with Crippen molar-refractivity contribution in [3.05, 3.63) is 52.8 Å². The molecule has 2 rings (SSSR count). The van der Waals surface area contributed by atoms with E-state index < -0.39 is 0 Å². The van der Waals surface area contributed by atoms with E-state index in [2.05, 4.69) is 15.7 Å². The van der Waals surface area contributed by atoms with Crippen molar-refractivity contribution < 1.29 is 4.79 Å². The van der Waals surface area contributed by atoms with Crippen LogP contribution in [0.5, 0.6) is 0 Å². The molecule has 0 bridgehead atoms. The standard InChI is InChI=1S/C17H22N4O2/c1-3-18-13(2)11-19-16(22)12-21-17(23)10-9-15(20-21)14-7-5-4-6-8-14/h4-10,13,18H,3,11-12H2,1-2H3,(H,19,22)/t13-/m1/s1. The highest BCUT2D eigenvalue weighted by atomic mass is 16.2. The monoisotopic (exact) mass is 314 g/mol. The van der Waals surface area contributed by atoms with Gasteiger partial charge in [0.05, 0.1) is 5.69 Å². The lowest BCUT2D eigenvalue weighted by Crippen LogP contribution is -2.41. The highest BCUT2D eigenvalue weighted by Crippen LogP contribution is 2.13. The second-order valence-electron chi connectivity index (χ2n) is 5.34. The van der Waals surface area contributed by atoms with E-state index in [0.29, 0.717) is 12.2 Å². The molecule has 0 fully saturated rings. The number of benzene rings is 1. The highest BCUT2D eigenvalue weighted by molar-refractivity contribution is 5.75. The second kappa shape index (κ2) is 8.24. The van der Waals surface area contributed by atoms with Gasteiger partial charge in [-0.25, -0.2) is 4.68 Å². The molecule has 23 heavy (non-hydrogen) atoms. The van der Waals surface area contributed by atoms with E-state index in [1.165, 1.54) is 10.7 Å². The minimum Gasteiger partial charge on any atom is -0.353 e. The molecule has 0 radical (unpaired) electrons. The van der Waals surface area contributed by atoms with Gasteiger partial charge in [0, 0.05) is 24.2 Å². The average Bonchev–Trinajstić information content (AvgIpc) is 2.56. The summed E-state index contributed by atoms with van der Waals surface area (Å²) in [6.45, 7) is 5.27. The van der Waals surface area contributed by atoms with E-state index in [1.54, 1.807) is 6.07 Å². The van der Waals surface area contributed by atoms with Crippen LogP contribution in [0.3, 0.4) is 0 Å². The van der Waals surface area contributed by atoms with Crippen LogP contribution in [0.25, 0.3) is 11.3 Å². The zero-order valence-corrected chi connectivity index (χ0v) is 13.5. The van der Waals surface area contributed by atoms with Crippen LogP contribution in [-0.4, -0.2) is 34.8 Å². The normalized spacial score (nSPS) is 11.9. The first-order chi connectivity index (χ1) is 11.1. The number of hydrogen-bond donors (Lipinski definition) is 2. The predicted molar refractivity (Wildman–Crippen MR) is 90.1 cm³/mol. The van der Waals surface area contributed by atoms with Gasteiger partial charge in [0.1, 0.15) is 6.54 Å². The van der Waals surface area contributed by atoms with E-state index in [1.807, 2.05) is 44.2 Å². The fourth-order valence-electron chi connectivity index (χ4n) is 2.20. The third kappa shape index (κ3) is 5.03. The number of rotatable bonds is 7. The average molecular weight is 314 g/mol. The summed E-state index contributed by atoms with van der Waals surface area (Å²) in [6.07, 6.45) is 0. The number of likely N-dealkylation sites (N-methyl/N-ethyl adjacent to an activating group) is 1. The zero-order valence-electron chi connectivity index (χ0n) is 13.5. The zero-order chi connectivity index (χ0) is 16.7. The van der Waals surface area contributed by atoms with Crippen molar-refractivity contribution in [1.82, 2.24) is 20.4 Å². The fraction of sp³-hybridized carbons (Fsp3) is 0.353. The SMILES string of the molecule is CCN[C@H](C)CNC(=O)Cn1nc(-c2ccccc2)ccc1=O. The minimum atomic E-state index is -0.292. The Morgan fingerprint density at radius 2 is 1.96 bits per heavy atom. The van der Waals surface area contributed by atoms with Crippen molar-refractivity contribution in [1.29, 1.82) is 0 Å². The molecule has 122 valence electrons. The maximum absolute atomic E-state index is 12.0. The van der Waals surface area contributed by atoms with E-state index in [0.717, 1.165) is 12.1 Å². The molecule has 6 heteroatoms. The molecule has 6 nitrogen and oxygen atoms in total. The molecule has 2 N–H and O–H groups in total. The van der Waals surface area contributed by atoms with Crippen LogP contribution in [0.15, 0.2) is 47.3 Å². The van der Waals surface area contributed by atoms with Crippen molar-refractivity contribution in [2.24, 2.45) is 0 Å². The van der Waals surface area contributed by atoms with Gasteiger partial charge < -0.3 is 10.6 Å². The molecule has 1 atom stereocenters. The molecule has 0 spiro atoms. The number of hydrogen-bond acceptors (Lipinski definition) is 4. The molecule has 0 aliphatic rings. The lowest BCUT2D eigenvalue weighted by atomic mass is 10.1. The molecule has 1 heterocycles. The van der Waals surface area contributed by atoms with Gasteiger partial charge in [-0.3, -0.25) is 9.59 Å². The number of nitrogens with one attached hydrogen (secondary N) is 2. The van der Waals surface area contributed by atoms with Crippen molar-refractivity contribution in [2.45, 2.75) is 26.4 Å². The van der Waals surface area contributed by atoms with Crippen molar-refractivity contribution >= 4 is 5.91 Å². The Kier molecular flexibility index (Phi) is 6.05. The summed E-state index contributed by atoms with van der Waals surface area (Å²) in [5.41, 5.74) is 1.28. The fourth-order valence-corrected chi connectivity index (χ4v) is 2.20. The molecule has 0 unspecified atom stereocenters. The minimum absolute atomic E-state index is 0.0850. The molecular weight excluding hydrogens is 292 g/mol. The number of aromatic nitrogens is 2. The number of carbonyl (C=O) groups is 1. The van der Waals surface area contributed by atoms with Gasteiger partial charge in [0.2, 0.25) is 5.91 Å². The van der Waals surface area contributed by atoms with E-state index in [9.17, 15) is 9.59 Å². The molecule has 1 aromatic carbocycles. The van der Waals surface area contributed by atoms with Gasteiger partial charge >= 0.3 is 0 Å². The quantitative estimate of drug-likeness (QED) is 0.800. The summed E-state index contributed by atoms with van der Waals surface area (Å²) in [6, 6.07) is 12.8. The Labute approximate surface area is 135 Å². The summed E-state index contributed by atoms with van der Waals surface area (Å²) < 4.78 is 1.19. The first kappa shape index (κ1) is 16.9. The predicted octanol–water partition coefficient (Wildman–Crippen LogP) is 1.02. The van der Waals surface area contributed by atoms with Crippen LogP contribution < -0.4 is 16.2 Å². The Morgan fingerprint density at radius 1 is 1.22 bits per heavy atom. The lowest BCUT2D eigenvalue weighted by molar-refractivity contribution is -0.122. The Morgan fingerprint density at radius 3 is 2.65 bits per heavy atom. The molecule has 1 amide bonds. The molecule has 0 saturated carbocycles. The van der Waals surface area contributed by atoms with Crippen LogP contribution in [0.4, 0.5) is 0 Å². The summed E-state index contributed by atoms with van der Waals surface area (Å²) in [7, 11) is 0. The van der Waals surface area contributed by atoms with Gasteiger partial charge in [0.15, 0.2) is 0 Å². The molecule has 0 aliphatic carbocycles. The van der Waals surface area contributed by atoms with Crippen molar-refractivity contribution in [3.8, 4) is 11.3 Å². The third-order valence-electron chi connectivity index (χ3n) is 3.39. The summed E-state index contributed by atoms with van der Waals surface area (Å²) in [5, 5.41) is 10.3. The van der Waals surface area contributed by atoms with Crippen LogP contribution in [0.2, 0.25) is 0 Å². The van der Waals surface area contributed by atoms with Crippen LogP contribution in [0, 0.1) is 0 Å². The summed E-state index contributed by atoms with van der Waals surface area (Å²) in [4.78, 5) is 23.9. The van der Waals surface area contributed by atoms with Gasteiger partial charge in [-0.15, -0.1) is 0 Å². The smallest absolute Gasteiger partial charge is 0.267 e. The van der Waals surface area contributed by atoms with Crippen molar-refractivity contribution in [3.63, 3.8) is 0 Å². The third-order valence-corrected chi connectivity index (χ3v) is 3.39. The van der Waals surface area contributed by atoms with Crippen molar-refractivity contribution in [2.75, 3.05) is 13.1 Å². The van der Waals surface area contributed by atoms with Crippen LogP contribution >= 0.6 is 0 Å². The first-order valence-electron chi connectivity index (χ1n) is 7.74. The van der Waals surface area contributed by atoms with Gasteiger partial charge in [-0.1, -0.05) is 37.3 Å². The number of amides is 1. The van der Waals surface area contributed by atoms with E-state index >= 15 is 0 Å². The Hall–Kier alpha value is -2.47. The molecular formula is C17H22N4O2. The molecule has 2 aromatic rings. The molecule has 1 aromatic heterocycles. The maximum atomic E-state index is 12.0. The number of nitrogens with zero attached hydrogens (tertiary/aromatic N) is 2. The van der Waals surface area contributed by atoms with Crippen LogP contribution in [0.1, 0.15) is 13.8 Å². The van der Waals surface area contributed by atoms with Gasteiger partial charge in [-0.05, 0) is 19.5 Å². The van der Waals surface area contributed by atoms with E-state index in [4.69, 9.17) is 0 Å². The first-order valence-corrected chi connectivity index (χ1v) is 7.74. The Bertz CT molecular complexity index is 697. The summed E-state index contributed by atoms with van der Waals surface area (Å²) >= 11 is 0. The Balaban J connectivity index is 2.05. The van der Waals surface area contributed by atoms with E-state index in [-0.39, 0.29) is 24.1 Å². The largest absolute Gasteiger partial charge is 0.353 e. The molecule has 0 aliphatic heterocycles. The van der Waals surface area contributed by atoms with Crippen LogP contribution in [-0.2, 0) is 11.3 Å². The van der Waals surface area contributed by atoms with Gasteiger partial charge in [-0.2, -0.15) is 5.10 Å². The topological polar surface area (TPSA) is 76.0 Å². The maximum Gasteiger partial charge on any atom is 0.267 e. The lowest BCUT2D eigenvalue weighted by Gasteiger charge is -2.13.